The molecular formula is C12H24N2. The second kappa shape index (κ2) is 5.52. The average Bonchev–Trinajstić information content (AvgIpc) is 2.15. The lowest BCUT2D eigenvalue weighted by Gasteiger charge is -2.36. The summed E-state index contributed by atoms with van der Waals surface area (Å²) in [5, 5.41) is 0. The van der Waals surface area contributed by atoms with Gasteiger partial charge in [0.15, 0.2) is 0 Å². The second-order valence-electron chi connectivity index (χ2n) is 4.71. The number of rotatable bonds is 3. The third kappa shape index (κ3) is 3.81. The minimum Gasteiger partial charge on any atom is -0.298 e. The molecule has 82 valence electrons. The van der Waals surface area contributed by atoms with Crippen molar-refractivity contribution in [3.63, 3.8) is 0 Å². The maximum absolute atomic E-state index is 2.55. The van der Waals surface area contributed by atoms with E-state index in [1.807, 2.05) is 0 Å². The van der Waals surface area contributed by atoms with Crippen LogP contribution < -0.4 is 0 Å². The fraction of sp³-hybridized carbons (Fsp3) is 0.833. The quantitative estimate of drug-likeness (QED) is 0.637. The zero-order valence-corrected chi connectivity index (χ0v) is 10.1. The maximum Gasteiger partial charge on any atom is 0.0166 e. The highest BCUT2D eigenvalue weighted by Crippen LogP contribution is 2.05. The van der Waals surface area contributed by atoms with Crippen molar-refractivity contribution in [2.75, 3.05) is 32.7 Å². The van der Waals surface area contributed by atoms with Crippen LogP contribution >= 0.6 is 0 Å². The van der Waals surface area contributed by atoms with Gasteiger partial charge in [-0.15, -0.1) is 0 Å². The molecule has 0 unspecified atom stereocenters. The van der Waals surface area contributed by atoms with Crippen LogP contribution in [-0.2, 0) is 0 Å². The molecular weight excluding hydrogens is 172 g/mol. The van der Waals surface area contributed by atoms with Crippen molar-refractivity contribution >= 4 is 0 Å². The maximum atomic E-state index is 2.55. The summed E-state index contributed by atoms with van der Waals surface area (Å²) in [6.07, 6.45) is 2.32. The molecule has 0 atom stereocenters. The Labute approximate surface area is 88.6 Å². The summed E-state index contributed by atoms with van der Waals surface area (Å²) < 4.78 is 0. The SMILES string of the molecule is CC(C)=CCN1CCN(C(C)C)CC1. The standard InChI is InChI=1S/C12H24N2/c1-11(2)5-6-13-7-9-14(10-8-13)12(3)4/h5,12H,6-10H2,1-4H3. The fourth-order valence-corrected chi connectivity index (χ4v) is 1.77. The van der Waals surface area contributed by atoms with Crippen LogP contribution in [0.2, 0.25) is 0 Å². The molecule has 1 saturated heterocycles. The van der Waals surface area contributed by atoms with Gasteiger partial charge in [-0.3, -0.25) is 9.80 Å². The Balaban J connectivity index is 2.25. The topological polar surface area (TPSA) is 6.48 Å². The van der Waals surface area contributed by atoms with Crippen LogP contribution in [0.1, 0.15) is 27.7 Å². The summed E-state index contributed by atoms with van der Waals surface area (Å²) in [5.41, 5.74) is 1.43. The molecule has 0 aromatic heterocycles. The van der Waals surface area contributed by atoms with E-state index in [-0.39, 0.29) is 0 Å². The summed E-state index contributed by atoms with van der Waals surface area (Å²) in [6, 6.07) is 0.709. The smallest absolute Gasteiger partial charge is 0.0166 e. The number of piperazine rings is 1. The molecule has 1 fully saturated rings. The Bertz CT molecular complexity index is 184. The first kappa shape index (κ1) is 11.7. The lowest BCUT2D eigenvalue weighted by molar-refractivity contribution is 0.116. The van der Waals surface area contributed by atoms with E-state index in [1.165, 1.54) is 31.8 Å². The average molecular weight is 196 g/mol. The Kier molecular flexibility index (Phi) is 4.63. The highest BCUT2D eigenvalue weighted by Gasteiger charge is 2.17. The highest BCUT2D eigenvalue weighted by atomic mass is 15.3. The molecule has 0 saturated carbocycles. The van der Waals surface area contributed by atoms with Crippen molar-refractivity contribution < 1.29 is 0 Å². The molecule has 0 bridgehead atoms. The molecule has 1 rings (SSSR count). The van der Waals surface area contributed by atoms with Gasteiger partial charge in [0.25, 0.3) is 0 Å². The molecule has 1 aliphatic heterocycles. The lowest BCUT2D eigenvalue weighted by Crippen LogP contribution is -2.48. The lowest BCUT2D eigenvalue weighted by atomic mass is 10.2. The predicted octanol–water partition coefficient (Wildman–Crippen LogP) is 1.98. The number of allylic oxidation sites excluding steroid dienone is 1. The monoisotopic (exact) mass is 196 g/mol. The van der Waals surface area contributed by atoms with Crippen LogP contribution in [0.4, 0.5) is 0 Å². The molecule has 0 aliphatic carbocycles. The van der Waals surface area contributed by atoms with E-state index in [9.17, 15) is 0 Å². The molecule has 1 heterocycles. The minimum atomic E-state index is 0.709. The first-order chi connectivity index (χ1) is 6.59. The predicted molar refractivity (Wildman–Crippen MR) is 62.6 cm³/mol. The van der Waals surface area contributed by atoms with Crippen molar-refractivity contribution in [1.82, 2.24) is 9.80 Å². The number of nitrogens with zero attached hydrogens (tertiary/aromatic N) is 2. The molecule has 0 aromatic carbocycles. The highest BCUT2D eigenvalue weighted by molar-refractivity contribution is 4.95. The molecule has 14 heavy (non-hydrogen) atoms. The van der Waals surface area contributed by atoms with E-state index in [2.05, 4.69) is 43.6 Å². The van der Waals surface area contributed by atoms with Gasteiger partial charge in [0.2, 0.25) is 0 Å². The van der Waals surface area contributed by atoms with E-state index in [4.69, 9.17) is 0 Å². The van der Waals surface area contributed by atoms with Crippen molar-refractivity contribution in [2.45, 2.75) is 33.7 Å². The zero-order chi connectivity index (χ0) is 10.6. The summed E-state index contributed by atoms with van der Waals surface area (Å²) in [5.74, 6) is 0. The van der Waals surface area contributed by atoms with E-state index in [0.717, 1.165) is 6.54 Å². The van der Waals surface area contributed by atoms with Crippen LogP contribution in [0.5, 0.6) is 0 Å². The molecule has 0 amide bonds. The Morgan fingerprint density at radius 2 is 1.71 bits per heavy atom. The molecule has 0 N–H and O–H groups in total. The van der Waals surface area contributed by atoms with Gasteiger partial charge in [-0.1, -0.05) is 11.6 Å². The van der Waals surface area contributed by atoms with Crippen LogP contribution in [-0.4, -0.2) is 48.6 Å². The summed E-state index contributed by atoms with van der Waals surface area (Å²) in [6.45, 7) is 15.0. The largest absolute Gasteiger partial charge is 0.298 e. The van der Waals surface area contributed by atoms with Gasteiger partial charge in [-0.25, -0.2) is 0 Å². The molecule has 0 aromatic rings. The Morgan fingerprint density at radius 1 is 1.14 bits per heavy atom. The van der Waals surface area contributed by atoms with Crippen molar-refractivity contribution in [3.8, 4) is 0 Å². The molecule has 2 heteroatoms. The van der Waals surface area contributed by atoms with Gasteiger partial charge in [0.05, 0.1) is 0 Å². The van der Waals surface area contributed by atoms with E-state index in [0.29, 0.717) is 6.04 Å². The number of hydrogen-bond acceptors (Lipinski definition) is 2. The van der Waals surface area contributed by atoms with E-state index >= 15 is 0 Å². The van der Waals surface area contributed by atoms with Crippen LogP contribution in [0.25, 0.3) is 0 Å². The first-order valence-electron chi connectivity index (χ1n) is 5.69. The van der Waals surface area contributed by atoms with Crippen LogP contribution in [0.15, 0.2) is 11.6 Å². The zero-order valence-electron chi connectivity index (χ0n) is 10.1. The summed E-state index contributed by atoms with van der Waals surface area (Å²) in [4.78, 5) is 5.09. The first-order valence-corrected chi connectivity index (χ1v) is 5.69. The van der Waals surface area contributed by atoms with Crippen LogP contribution in [0.3, 0.4) is 0 Å². The van der Waals surface area contributed by atoms with Crippen LogP contribution in [0, 0.1) is 0 Å². The van der Waals surface area contributed by atoms with Crippen molar-refractivity contribution in [3.05, 3.63) is 11.6 Å². The summed E-state index contributed by atoms with van der Waals surface area (Å²) >= 11 is 0. The van der Waals surface area contributed by atoms with Gasteiger partial charge < -0.3 is 0 Å². The summed E-state index contributed by atoms with van der Waals surface area (Å²) in [7, 11) is 0. The van der Waals surface area contributed by atoms with Gasteiger partial charge in [-0.05, 0) is 27.7 Å². The van der Waals surface area contributed by atoms with Gasteiger partial charge in [0.1, 0.15) is 0 Å². The van der Waals surface area contributed by atoms with Gasteiger partial charge in [-0.2, -0.15) is 0 Å². The third-order valence-electron chi connectivity index (χ3n) is 2.89. The third-order valence-corrected chi connectivity index (χ3v) is 2.89. The molecule has 0 spiro atoms. The van der Waals surface area contributed by atoms with Crippen molar-refractivity contribution in [1.29, 1.82) is 0 Å². The van der Waals surface area contributed by atoms with Crippen molar-refractivity contribution in [2.24, 2.45) is 0 Å². The van der Waals surface area contributed by atoms with Gasteiger partial charge >= 0.3 is 0 Å². The Hall–Kier alpha value is -0.340. The Morgan fingerprint density at radius 3 is 2.14 bits per heavy atom. The second-order valence-corrected chi connectivity index (χ2v) is 4.71. The van der Waals surface area contributed by atoms with E-state index < -0.39 is 0 Å². The molecule has 1 aliphatic rings. The number of hydrogen-bond donors (Lipinski definition) is 0. The van der Waals surface area contributed by atoms with Gasteiger partial charge in [0, 0.05) is 38.8 Å². The normalized spacial score (nSPS) is 20.1. The minimum absolute atomic E-state index is 0.709. The molecule has 0 radical (unpaired) electrons. The molecule has 2 nitrogen and oxygen atoms in total. The van der Waals surface area contributed by atoms with E-state index in [1.54, 1.807) is 0 Å². The fourth-order valence-electron chi connectivity index (χ4n) is 1.77.